The minimum atomic E-state index is -0.210. The molecule has 3 aromatic rings. The van der Waals surface area contributed by atoms with Crippen molar-refractivity contribution in [2.45, 2.75) is 64.8 Å². The number of benzene rings is 1. The van der Waals surface area contributed by atoms with Crippen LogP contribution in [-0.2, 0) is 6.42 Å². The Bertz CT molecular complexity index is 1230. The van der Waals surface area contributed by atoms with Crippen LogP contribution in [0.3, 0.4) is 0 Å². The molecule has 0 N–H and O–H groups in total. The van der Waals surface area contributed by atoms with Gasteiger partial charge in [-0.3, -0.25) is 0 Å². The van der Waals surface area contributed by atoms with E-state index in [2.05, 4.69) is 54.3 Å². The highest BCUT2D eigenvalue weighted by atomic mass is 19.1. The minimum absolute atomic E-state index is 0.0995. The van der Waals surface area contributed by atoms with Gasteiger partial charge >= 0.3 is 0 Å². The van der Waals surface area contributed by atoms with Gasteiger partial charge in [0.15, 0.2) is 5.65 Å². The largest absolute Gasteiger partial charge is 0.363 e. The van der Waals surface area contributed by atoms with Crippen molar-refractivity contribution in [1.29, 1.82) is 0 Å². The molecule has 0 amide bonds. The second-order valence-electron chi connectivity index (χ2n) is 10.3. The molecule has 2 fully saturated rings. The maximum absolute atomic E-state index is 14.3. The van der Waals surface area contributed by atoms with Gasteiger partial charge in [-0.2, -0.15) is 9.61 Å². The zero-order valence-corrected chi connectivity index (χ0v) is 22.0. The van der Waals surface area contributed by atoms with Crippen LogP contribution in [0.15, 0.2) is 36.9 Å². The Morgan fingerprint density at radius 3 is 2.64 bits per heavy atom. The Kier molecular flexibility index (Phi) is 7.17. The first-order chi connectivity index (χ1) is 17.5. The molecule has 0 spiro atoms. The third kappa shape index (κ3) is 4.67. The Hall–Kier alpha value is -3.09. The fraction of sp³-hybridized carbons (Fsp3) is 0.517. The molecule has 4 heterocycles. The van der Waals surface area contributed by atoms with Crippen LogP contribution in [0.5, 0.6) is 0 Å². The Morgan fingerprint density at radius 1 is 1.08 bits per heavy atom. The number of piperidine rings is 1. The lowest BCUT2D eigenvalue weighted by Gasteiger charge is -2.38. The van der Waals surface area contributed by atoms with E-state index >= 15 is 0 Å². The fourth-order valence-electron chi connectivity index (χ4n) is 5.58. The summed E-state index contributed by atoms with van der Waals surface area (Å²) in [7, 11) is 2.13. The molecule has 1 aromatic carbocycles. The molecule has 2 aliphatic rings. The highest BCUT2D eigenvalue weighted by Crippen LogP contribution is 2.38. The molecule has 7 heteroatoms. The zero-order chi connectivity index (χ0) is 25.2. The summed E-state index contributed by atoms with van der Waals surface area (Å²) in [4.78, 5) is 12.0. The second-order valence-corrected chi connectivity index (χ2v) is 10.3. The van der Waals surface area contributed by atoms with Gasteiger partial charge in [0.1, 0.15) is 17.5 Å². The number of hydrogen-bond donors (Lipinski definition) is 0. The number of aromatic nitrogens is 3. The average Bonchev–Trinajstić information content (AvgIpc) is 3.27. The molecule has 2 saturated heterocycles. The number of aryl methyl sites for hydroxylation is 1. The van der Waals surface area contributed by atoms with E-state index in [1.165, 1.54) is 6.42 Å². The molecule has 2 aromatic heterocycles. The van der Waals surface area contributed by atoms with Crippen LogP contribution in [-0.4, -0.2) is 52.7 Å². The van der Waals surface area contributed by atoms with Crippen molar-refractivity contribution in [3.63, 3.8) is 0 Å². The van der Waals surface area contributed by atoms with E-state index in [1.807, 2.05) is 10.6 Å². The summed E-state index contributed by atoms with van der Waals surface area (Å²) in [5.74, 6) is 1.90. The summed E-state index contributed by atoms with van der Waals surface area (Å²) in [6, 6.07) is 9.57. The standard InChI is InChI=1S/C29H39FN6/c1-5-10-22-12-13-23(30)18-24(22)21(3)35-17-8-7-11-26(35)25-19-28-31-27(34-15-9-16-34)20-29(36(28)32-25)33(4)14-6-2/h12-13,18-20,26H,3,5-11,14-17H2,1-2,4H3. The highest BCUT2D eigenvalue weighted by molar-refractivity contribution is 5.66. The van der Waals surface area contributed by atoms with Crippen LogP contribution >= 0.6 is 0 Å². The van der Waals surface area contributed by atoms with Crippen LogP contribution in [0.2, 0.25) is 0 Å². The quantitative estimate of drug-likeness (QED) is 0.364. The number of likely N-dealkylation sites (tertiary alicyclic amines) is 1. The third-order valence-electron chi connectivity index (χ3n) is 7.64. The molecule has 0 saturated carbocycles. The van der Waals surface area contributed by atoms with Gasteiger partial charge < -0.3 is 14.7 Å². The first-order valence-electron chi connectivity index (χ1n) is 13.6. The summed E-state index contributed by atoms with van der Waals surface area (Å²) >= 11 is 0. The maximum Gasteiger partial charge on any atom is 0.160 e. The molecule has 192 valence electrons. The van der Waals surface area contributed by atoms with Crippen molar-refractivity contribution < 1.29 is 4.39 Å². The van der Waals surface area contributed by atoms with Crippen molar-refractivity contribution in [3.05, 3.63) is 59.5 Å². The number of fused-ring (bicyclic) bond motifs is 1. The van der Waals surface area contributed by atoms with Crippen LogP contribution in [0, 0.1) is 5.82 Å². The molecule has 36 heavy (non-hydrogen) atoms. The summed E-state index contributed by atoms with van der Waals surface area (Å²) in [5.41, 5.74) is 4.89. The van der Waals surface area contributed by atoms with Crippen LogP contribution in [0.4, 0.5) is 16.0 Å². The van der Waals surface area contributed by atoms with Crippen molar-refractivity contribution in [3.8, 4) is 0 Å². The van der Waals surface area contributed by atoms with E-state index in [0.717, 1.165) is 105 Å². The van der Waals surface area contributed by atoms with Gasteiger partial charge in [0.2, 0.25) is 0 Å². The summed E-state index contributed by atoms with van der Waals surface area (Å²) < 4.78 is 16.3. The maximum atomic E-state index is 14.3. The Balaban J connectivity index is 1.53. The smallest absolute Gasteiger partial charge is 0.160 e. The molecule has 5 rings (SSSR count). The van der Waals surface area contributed by atoms with Gasteiger partial charge in [0, 0.05) is 56.6 Å². The minimum Gasteiger partial charge on any atom is -0.363 e. The third-order valence-corrected chi connectivity index (χ3v) is 7.64. The van der Waals surface area contributed by atoms with E-state index < -0.39 is 0 Å². The normalized spacial score (nSPS) is 17.9. The van der Waals surface area contributed by atoms with E-state index in [9.17, 15) is 4.39 Å². The lowest BCUT2D eigenvalue weighted by atomic mass is 9.94. The molecule has 1 atom stereocenters. The Labute approximate surface area is 214 Å². The number of halogens is 1. The lowest BCUT2D eigenvalue weighted by molar-refractivity contribution is 0.226. The van der Waals surface area contributed by atoms with Gasteiger partial charge in [0.05, 0.1) is 11.7 Å². The molecular formula is C29H39FN6. The molecule has 6 nitrogen and oxygen atoms in total. The van der Waals surface area contributed by atoms with Crippen molar-refractivity contribution >= 4 is 23.0 Å². The number of nitrogens with zero attached hydrogens (tertiary/aromatic N) is 6. The lowest BCUT2D eigenvalue weighted by Crippen LogP contribution is -2.38. The molecule has 0 bridgehead atoms. The first-order valence-corrected chi connectivity index (χ1v) is 13.6. The summed E-state index contributed by atoms with van der Waals surface area (Å²) in [6.45, 7) is 12.8. The van der Waals surface area contributed by atoms with E-state index in [4.69, 9.17) is 10.1 Å². The van der Waals surface area contributed by atoms with Gasteiger partial charge in [-0.1, -0.05) is 32.9 Å². The van der Waals surface area contributed by atoms with Gasteiger partial charge in [-0.25, -0.2) is 9.37 Å². The number of anilines is 2. The molecule has 0 radical (unpaired) electrons. The van der Waals surface area contributed by atoms with Gasteiger partial charge in [-0.05, 0) is 56.2 Å². The zero-order valence-electron chi connectivity index (χ0n) is 22.0. The fourth-order valence-corrected chi connectivity index (χ4v) is 5.58. The summed E-state index contributed by atoms with van der Waals surface area (Å²) in [6.07, 6.45) is 7.46. The van der Waals surface area contributed by atoms with Crippen LogP contribution < -0.4 is 9.80 Å². The second kappa shape index (κ2) is 10.5. The molecule has 0 aliphatic carbocycles. The van der Waals surface area contributed by atoms with Crippen molar-refractivity contribution in [2.24, 2.45) is 0 Å². The number of hydrogen-bond acceptors (Lipinski definition) is 5. The molecule has 1 unspecified atom stereocenters. The van der Waals surface area contributed by atoms with Crippen LogP contribution in [0.1, 0.15) is 75.2 Å². The predicted octanol–water partition coefficient (Wildman–Crippen LogP) is 6.08. The average molecular weight is 491 g/mol. The monoisotopic (exact) mass is 490 g/mol. The molecular weight excluding hydrogens is 451 g/mol. The van der Waals surface area contributed by atoms with E-state index in [0.29, 0.717) is 0 Å². The van der Waals surface area contributed by atoms with E-state index in [1.54, 1.807) is 12.1 Å². The predicted molar refractivity (Wildman–Crippen MR) is 146 cm³/mol. The number of rotatable bonds is 9. The van der Waals surface area contributed by atoms with Crippen molar-refractivity contribution in [2.75, 3.05) is 43.0 Å². The first kappa shape index (κ1) is 24.6. The molecule has 2 aliphatic heterocycles. The van der Waals surface area contributed by atoms with Crippen molar-refractivity contribution in [1.82, 2.24) is 19.5 Å². The highest BCUT2D eigenvalue weighted by Gasteiger charge is 2.30. The topological polar surface area (TPSA) is 39.9 Å². The Morgan fingerprint density at radius 2 is 1.92 bits per heavy atom. The van der Waals surface area contributed by atoms with Gasteiger partial charge in [-0.15, -0.1) is 0 Å². The summed E-state index contributed by atoms with van der Waals surface area (Å²) in [5, 5.41) is 5.12. The van der Waals surface area contributed by atoms with Gasteiger partial charge in [0.25, 0.3) is 0 Å². The van der Waals surface area contributed by atoms with Crippen LogP contribution in [0.25, 0.3) is 11.3 Å². The van der Waals surface area contributed by atoms with E-state index in [-0.39, 0.29) is 11.9 Å². The SMILES string of the molecule is C=C(c1cc(F)ccc1CCC)N1CCCCC1c1cc2nc(N3CCC3)cc(N(C)CCC)n2n1.